The molecule has 1 atom stereocenters. The van der Waals surface area contributed by atoms with Crippen LogP contribution in [0.25, 0.3) is 0 Å². The van der Waals surface area contributed by atoms with Crippen LogP contribution >= 0.6 is 0 Å². The summed E-state index contributed by atoms with van der Waals surface area (Å²) in [4.78, 5) is 0. The molecule has 0 spiro atoms. The van der Waals surface area contributed by atoms with Gasteiger partial charge in [0.15, 0.2) is 11.5 Å². The first kappa shape index (κ1) is 16.8. The Hall–Kier alpha value is -1.26. The molecular formula is C16H27NO3. The van der Waals surface area contributed by atoms with Gasteiger partial charge in [0, 0.05) is 13.1 Å². The van der Waals surface area contributed by atoms with Crippen molar-refractivity contribution in [2.24, 2.45) is 5.41 Å². The molecule has 0 saturated carbocycles. The highest BCUT2D eigenvalue weighted by Crippen LogP contribution is 2.27. The molecule has 0 aliphatic heterocycles. The third kappa shape index (κ3) is 5.39. The molecule has 0 saturated heterocycles. The highest BCUT2D eigenvalue weighted by molar-refractivity contribution is 5.42. The fourth-order valence-electron chi connectivity index (χ4n) is 2.41. The fourth-order valence-corrected chi connectivity index (χ4v) is 2.41. The number of hydrogen-bond donors (Lipinski definition) is 2. The summed E-state index contributed by atoms with van der Waals surface area (Å²) in [5.41, 5.74) is 1.22. The first-order valence-corrected chi connectivity index (χ1v) is 6.97. The molecule has 1 rings (SSSR count). The maximum Gasteiger partial charge on any atom is 0.161 e. The number of aliphatic hydroxyl groups is 1. The van der Waals surface area contributed by atoms with E-state index in [1.807, 2.05) is 25.1 Å². The van der Waals surface area contributed by atoms with Crippen molar-refractivity contribution < 1.29 is 14.6 Å². The van der Waals surface area contributed by atoms with Gasteiger partial charge in [0.05, 0.1) is 20.3 Å². The third-order valence-corrected chi connectivity index (χ3v) is 3.23. The van der Waals surface area contributed by atoms with Crippen LogP contribution in [0.2, 0.25) is 0 Å². The Morgan fingerprint density at radius 1 is 1.20 bits per heavy atom. The number of methoxy groups -OCH3 is 2. The first-order chi connectivity index (χ1) is 9.38. The molecule has 0 radical (unpaired) electrons. The zero-order valence-electron chi connectivity index (χ0n) is 13.2. The Balaban J connectivity index is 2.54. The molecule has 0 aliphatic carbocycles. The molecule has 1 unspecified atom stereocenters. The fraction of sp³-hybridized carbons (Fsp3) is 0.625. The van der Waals surface area contributed by atoms with E-state index in [0.717, 1.165) is 36.6 Å². The predicted octanol–water partition coefficient (Wildman–Crippen LogP) is 2.59. The molecular weight excluding hydrogens is 254 g/mol. The maximum absolute atomic E-state index is 9.47. The topological polar surface area (TPSA) is 50.7 Å². The van der Waals surface area contributed by atoms with Crippen molar-refractivity contribution in [1.82, 2.24) is 5.32 Å². The highest BCUT2D eigenvalue weighted by atomic mass is 16.5. The van der Waals surface area contributed by atoms with E-state index < -0.39 is 0 Å². The van der Waals surface area contributed by atoms with Crippen LogP contribution in [-0.2, 0) is 6.54 Å². The lowest BCUT2D eigenvalue weighted by Crippen LogP contribution is -2.31. The average molecular weight is 281 g/mol. The van der Waals surface area contributed by atoms with Gasteiger partial charge < -0.3 is 19.9 Å². The molecule has 2 N–H and O–H groups in total. The Morgan fingerprint density at radius 2 is 1.85 bits per heavy atom. The summed E-state index contributed by atoms with van der Waals surface area (Å²) < 4.78 is 10.5. The minimum atomic E-state index is -0.270. The Morgan fingerprint density at radius 3 is 2.40 bits per heavy atom. The molecule has 114 valence electrons. The SMILES string of the molecule is COc1ccc(CNCC(C)(C)CC(C)O)cc1OC. The zero-order chi connectivity index (χ0) is 15.2. The van der Waals surface area contributed by atoms with Gasteiger partial charge in [-0.25, -0.2) is 0 Å². The standard InChI is InChI=1S/C16H27NO3/c1-12(18)9-16(2,3)11-17-10-13-6-7-14(19-4)15(8-13)20-5/h6-8,12,17-18H,9-11H2,1-5H3. The molecule has 4 nitrogen and oxygen atoms in total. The largest absolute Gasteiger partial charge is 0.493 e. The first-order valence-electron chi connectivity index (χ1n) is 6.97. The number of nitrogens with one attached hydrogen (secondary N) is 1. The number of hydrogen-bond acceptors (Lipinski definition) is 4. The van der Waals surface area contributed by atoms with Crippen molar-refractivity contribution in [3.05, 3.63) is 23.8 Å². The normalized spacial score (nSPS) is 13.1. The molecule has 0 aromatic heterocycles. The molecule has 1 aromatic rings. The summed E-state index contributed by atoms with van der Waals surface area (Å²) in [5.74, 6) is 1.49. The summed E-state index contributed by atoms with van der Waals surface area (Å²) in [5, 5.41) is 12.9. The highest BCUT2D eigenvalue weighted by Gasteiger charge is 2.19. The van der Waals surface area contributed by atoms with Crippen LogP contribution in [0.15, 0.2) is 18.2 Å². The second-order valence-electron chi connectivity index (χ2n) is 6.01. The minimum Gasteiger partial charge on any atom is -0.493 e. The molecule has 0 heterocycles. The Bertz CT molecular complexity index is 416. The van der Waals surface area contributed by atoms with Gasteiger partial charge in [-0.15, -0.1) is 0 Å². The van der Waals surface area contributed by atoms with Crippen molar-refractivity contribution in [3.8, 4) is 11.5 Å². The summed E-state index contributed by atoms with van der Waals surface area (Å²) in [6.45, 7) is 7.76. The van der Waals surface area contributed by atoms with Gasteiger partial charge in [0.2, 0.25) is 0 Å². The van der Waals surface area contributed by atoms with Gasteiger partial charge in [-0.1, -0.05) is 19.9 Å². The number of benzene rings is 1. The Labute approximate surface area is 122 Å². The van der Waals surface area contributed by atoms with E-state index >= 15 is 0 Å². The van der Waals surface area contributed by atoms with Gasteiger partial charge in [-0.05, 0) is 36.5 Å². The van der Waals surface area contributed by atoms with E-state index in [9.17, 15) is 5.11 Å². The lowest BCUT2D eigenvalue weighted by Gasteiger charge is -2.26. The van der Waals surface area contributed by atoms with E-state index in [1.54, 1.807) is 14.2 Å². The van der Waals surface area contributed by atoms with E-state index in [4.69, 9.17) is 9.47 Å². The quantitative estimate of drug-likeness (QED) is 0.769. The van der Waals surface area contributed by atoms with Gasteiger partial charge in [-0.3, -0.25) is 0 Å². The van der Waals surface area contributed by atoms with Crippen molar-refractivity contribution in [2.75, 3.05) is 20.8 Å². The molecule has 0 bridgehead atoms. The van der Waals surface area contributed by atoms with E-state index in [1.165, 1.54) is 0 Å². The van der Waals surface area contributed by atoms with Crippen LogP contribution in [0.3, 0.4) is 0 Å². The lowest BCUT2D eigenvalue weighted by molar-refractivity contribution is 0.128. The predicted molar refractivity (Wildman–Crippen MR) is 81.3 cm³/mol. The summed E-state index contributed by atoms with van der Waals surface area (Å²) in [6.07, 6.45) is 0.513. The molecule has 20 heavy (non-hydrogen) atoms. The van der Waals surface area contributed by atoms with Crippen LogP contribution in [0.4, 0.5) is 0 Å². The molecule has 1 aromatic carbocycles. The van der Waals surface area contributed by atoms with Crippen LogP contribution in [-0.4, -0.2) is 32.0 Å². The zero-order valence-corrected chi connectivity index (χ0v) is 13.2. The van der Waals surface area contributed by atoms with Gasteiger partial charge in [0.25, 0.3) is 0 Å². The van der Waals surface area contributed by atoms with Crippen molar-refractivity contribution in [3.63, 3.8) is 0 Å². The van der Waals surface area contributed by atoms with Crippen LogP contribution in [0.5, 0.6) is 11.5 Å². The van der Waals surface area contributed by atoms with Crippen LogP contribution in [0, 0.1) is 5.41 Å². The second-order valence-corrected chi connectivity index (χ2v) is 6.01. The smallest absolute Gasteiger partial charge is 0.161 e. The lowest BCUT2D eigenvalue weighted by atomic mass is 9.87. The van der Waals surface area contributed by atoms with Crippen molar-refractivity contribution in [1.29, 1.82) is 0 Å². The van der Waals surface area contributed by atoms with Gasteiger partial charge >= 0.3 is 0 Å². The third-order valence-electron chi connectivity index (χ3n) is 3.23. The molecule has 0 aliphatic rings. The van der Waals surface area contributed by atoms with Crippen molar-refractivity contribution in [2.45, 2.75) is 39.8 Å². The van der Waals surface area contributed by atoms with E-state index in [2.05, 4.69) is 19.2 Å². The maximum atomic E-state index is 9.47. The summed E-state index contributed by atoms with van der Waals surface area (Å²) >= 11 is 0. The summed E-state index contributed by atoms with van der Waals surface area (Å²) in [7, 11) is 3.27. The van der Waals surface area contributed by atoms with E-state index in [-0.39, 0.29) is 11.5 Å². The number of aliphatic hydroxyl groups excluding tert-OH is 1. The summed E-state index contributed by atoms with van der Waals surface area (Å²) in [6, 6.07) is 5.92. The molecule has 0 amide bonds. The minimum absolute atomic E-state index is 0.0741. The van der Waals surface area contributed by atoms with Crippen LogP contribution in [0.1, 0.15) is 32.8 Å². The second kappa shape index (κ2) is 7.50. The number of ether oxygens (including phenoxy) is 2. The van der Waals surface area contributed by atoms with E-state index in [0.29, 0.717) is 0 Å². The number of rotatable bonds is 8. The Kier molecular flexibility index (Phi) is 6.30. The van der Waals surface area contributed by atoms with Gasteiger partial charge in [-0.2, -0.15) is 0 Å². The van der Waals surface area contributed by atoms with Gasteiger partial charge in [0.1, 0.15) is 0 Å². The monoisotopic (exact) mass is 281 g/mol. The molecule has 0 fully saturated rings. The van der Waals surface area contributed by atoms with Crippen LogP contribution < -0.4 is 14.8 Å². The average Bonchev–Trinajstić information content (AvgIpc) is 2.36. The molecule has 4 heteroatoms. The van der Waals surface area contributed by atoms with Crippen molar-refractivity contribution >= 4 is 0 Å².